The highest BCUT2D eigenvalue weighted by Gasteiger charge is 2.39. The van der Waals surface area contributed by atoms with Crippen LogP contribution in [-0.4, -0.2) is 42.9 Å². The zero-order valence-electron chi connectivity index (χ0n) is 16.7. The van der Waals surface area contributed by atoms with Gasteiger partial charge in [-0.3, -0.25) is 9.59 Å². The Balaban J connectivity index is 2.24. The molecule has 0 heterocycles. The first-order chi connectivity index (χ1) is 14.3. The summed E-state index contributed by atoms with van der Waals surface area (Å²) >= 11 is 0. The first-order valence-electron chi connectivity index (χ1n) is 9.62. The fourth-order valence-corrected chi connectivity index (χ4v) is 5.39. The van der Waals surface area contributed by atoms with Gasteiger partial charge in [-0.15, -0.1) is 0 Å². The third-order valence-electron chi connectivity index (χ3n) is 4.99. The van der Waals surface area contributed by atoms with Crippen LogP contribution in [0.5, 0.6) is 5.75 Å². The highest BCUT2D eigenvalue weighted by Crippen LogP contribution is 2.29. The van der Waals surface area contributed by atoms with Crippen LogP contribution in [0.4, 0.5) is 0 Å². The van der Waals surface area contributed by atoms with E-state index in [4.69, 9.17) is 9.84 Å². The molecule has 2 N–H and O–H groups in total. The molecule has 0 aliphatic heterocycles. The summed E-state index contributed by atoms with van der Waals surface area (Å²) in [5, 5.41) is 17.4. The Hall–Kier alpha value is -2.87. The maximum atomic E-state index is 13.2. The van der Waals surface area contributed by atoms with Crippen LogP contribution >= 0.6 is 0 Å². The van der Waals surface area contributed by atoms with Crippen molar-refractivity contribution in [2.45, 2.75) is 42.2 Å². The normalized spacial score (nSPS) is 13.4. The quantitative estimate of drug-likeness (QED) is 0.491. The summed E-state index contributed by atoms with van der Waals surface area (Å²) in [6.45, 7) is 0. The molecule has 0 spiro atoms. The lowest BCUT2D eigenvalue weighted by atomic mass is 9.96. The van der Waals surface area contributed by atoms with Crippen LogP contribution in [0.25, 0.3) is 0 Å². The van der Waals surface area contributed by atoms with Crippen LogP contribution < -0.4 is 4.74 Å². The number of carboxylic acid groups (broad SMARTS) is 2. The van der Waals surface area contributed by atoms with Gasteiger partial charge in [0, 0.05) is 0 Å². The molecule has 162 valence electrons. The van der Waals surface area contributed by atoms with E-state index < -0.39 is 39.4 Å². The second-order valence-electron chi connectivity index (χ2n) is 7.03. The molecule has 0 amide bonds. The lowest BCUT2D eigenvalue weighted by Gasteiger charge is -2.23. The number of carboxylic acids is 2. The Kier molecular flexibility index (Phi) is 8.41. The van der Waals surface area contributed by atoms with Crippen LogP contribution in [-0.2, 0) is 25.8 Å². The molecule has 2 rings (SSSR count). The van der Waals surface area contributed by atoms with Gasteiger partial charge in [0.2, 0.25) is 0 Å². The van der Waals surface area contributed by atoms with Gasteiger partial charge in [-0.05, 0) is 49.1 Å². The second-order valence-corrected chi connectivity index (χ2v) is 9.20. The molecule has 7 nitrogen and oxygen atoms in total. The summed E-state index contributed by atoms with van der Waals surface area (Å²) in [5.41, 5.74) is 1.10. The number of unbranched alkanes of at least 4 members (excludes halogenated alkanes) is 1. The lowest BCUT2D eigenvalue weighted by molar-refractivity contribution is -0.148. The molecule has 0 unspecified atom stereocenters. The van der Waals surface area contributed by atoms with Crippen molar-refractivity contribution in [3.05, 3.63) is 60.2 Å². The number of rotatable bonds is 12. The molecule has 0 radical (unpaired) electrons. The van der Waals surface area contributed by atoms with Crippen LogP contribution in [0.2, 0.25) is 0 Å². The summed E-state index contributed by atoms with van der Waals surface area (Å²) in [7, 11) is -2.61. The second kappa shape index (κ2) is 10.8. The van der Waals surface area contributed by atoms with Crippen LogP contribution in [0, 0.1) is 5.92 Å². The van der Waals surface area contributed by atoms with E-state index >= 15 is 0 Å². The average molecular weight is 435 g/mol. The number of aryl methyl sites for hydroxylation is 1. The van der Waals surface area contributed by atoms with Gasteiger partial charge in [0.1, 0.15) is 5.75 Å². The third-order valence-corrected chi connectivity index (χ3v) is 7.28. The van der Waals surface area contributed by atoms with E-state index in [0.717, 1.165) is 12.0 Å². The lowest BCUT2D eigenvalue weighted by Crippen LogP contribution is -2.36. The number of benzene rings is 2. The van der Waals surface area contributed by atoms with Crippen molar-refractivity contribution in [1.29, 1.82) is 0 Å². The van der Waals surface area contributed by atoms with Gasteiger partial charge in [0.15, 0.2) is 9.84 Å². The van der Waals surface area contributed by atoms with E-state index in [-0.39, 0.29) is 11.3 Å². The van der Waals surface area contributed by atoms with E-state index in [1.54, 1.807) is 0 Å². The van der Waals surface area contributed by atoms with E-state index in [2.05, 4.69) is 0 Å². The topological polar surface area (TPSA) is 118 Å². The van der Waals surface area contributed by atoms with Crippen molar-refractivity contribution in [1.82, 2.24) is 0 Å². The Bertz CT molecular complexity index is 937. The number of hydrogen-bond donors (Lipinski definition) is 2. The summed E-state index contributed by atoms with van der Waals surface area (Å²) < 4.78 is 31.5. The summed E-state index contributed by atoms with van der Waals surface area (Å²) in [6, 6.07) is 15.3. The standard InChI is InChI=1S/C22H26O7S/c1-29-17-11-13-18(14-12-17)30(27,28)20(19(22(25)26)15-21(23)24)10-6-5-9-16-7-3-2-4-8-16/h2-4,7-8,11-14,19-20H,5-6,9-10,15H2,1H3,(H,23,24)(H,25,26)/t19-,20+/m0/s1. The number of hydrogen-bond acceptors (Lipinski definition) is 5. The minimum absolute atomic E-state index is 0.0481. The predicted molar refractivity (Wildman–Crippen MR) is 111 cm³/mol. The van der Waals surface area contributed by atoms with Gasteiger partial charge in [-0.2, -0.15) is 0 Å². The van der Waals surface area contributed by atoms with Crippen molar-refractivity contribution < 1.29 is 33.0 Å². The Labute approximate surface area is 176 Å². The molecule has 0 saturated heterocycles. The molecule has 0 fully saturated rings. The van der Waals surface area contributed by atoms with E-state index in [1.165, 1.54) is 31.4 Å². The number of carbonyl (C=O) groups is 2. The molecule has 2 atom stereocenters. The minimum Gasteiger partial charge on any atom is -0.497 e. The molecular weight excluding hydrogens is 408 g/mol. The maximum Gasteiger partial charge on any atom is 0.308 e. The minimum atomic E-state index is -4.06. The molecule has 0 saturated carbocycles. The Morgan fingerprint density at radius 3 is 2.13 bits per heavy atom. The molecule has 0 aromatic heterocycles. The van der Waals surface area contributed by atoms with E-state index in [0.29, 0.717) is 18.6 Å². The Morgan fingerprint density at radius 2 is 1.60 bits per heavy atom. The zero-order valence-corrected chi connectivity index (χ0v) is 17.5. The van der Waals surface area contributed by atoms with Gasteiger partial charge in [-0.25, -0.2) is 8.42 Å². The highest BCUT2D eigenvalue weighted by atomic mass is 32.2. The molecule has 0 bridgehead atoms. The van der Waals surface area contributed by atoms with Crippen molar-refractivity contribution >= 4 is 21.8 Å². The monoisotopic (exact) mass is 434 g/mol. The maximum absolute atomic E-state index is 13.2. The smallest absolute Gasteiger partial charge is 0.308 e. The molecule has 0 aliphatic carbocycles. The van der Waals surface area contributed by atoms with Gasteiger partial charge < -0.3 is 14.9 Å². The molecule has 0 aliphatic rings. The summed E-state index contributed by atoms with van der Waals surface area (Å²) in [4.78, 5) is 22.9. The molecule has 2 aromatic rings. The van der Waals surface area contributed by atoms with Gasteiger partial charge in [0.05, 0.1) is 29.6 Å². The fraction of sp³-hybridized carbons (Fsp3) is 0.364. The van der Waals surface area contributed by atoms with Crippen LogP contribution in [0.15, 0.2) is 59.5 Å². The van der Waals surface area contributed by atoms with Crippen LogP contribution in [0.1, 0.15) is 31.2 Å². The first-order valence-corrected chi connectivity index (χ1v) is 11.2. The number of sulfone groups is 1. The largest absolute Gasteiger partial charge is 0.497 e. The summed E-state index contributed by atoms with van der Waals surface area (Å²) in [6.07, 6.45) is 1.16. The van der Waals surface area contributed by atoms with E-state index in [1.807, 2.05) is 30.3 Å². The average Bonchev–Trinajstić information content (AvgIpc) is 2.72. The van der Waals surface area contributed by atoms with Crippen molar-refractivity contribution in [3.63, 3.8) is 0 Å². The van der Waals surface area contributed by atoms with Crippen molar-refractivity contribution in [2.24, 2.45) is 5.92 Å². The SMILES string of the molecule is COc1ccc(S(=O)(=O)[C@H](CCCCc2ccccc2)[C@H](CC(=O)O)C(=O)O)cc1. The molecule has 8 heteroatoms. The van der Waals surface area contributed by atoms with Crippen molar-refractivity contribution in [2.75, 3.05) is 7.11 Å². The van der Waals surface area contributed by atoms with E-state index in [9.17, 15) is 23.1 Å². The molecule has 30 heavy (non-hydrogen) atoms. The summed E-state index contributed by atoms with van der Waals surface area (Å²) in [5.74, 6) is -3.84. The molecular formula is C22H26O7S. The number of aliphatic carboxylic acids is 2. The van der Waals surface area contributed by atoms with Gasteiger partial charge in [0.25, 0.3) is 0 Å². The molecule has 2 aromatic carbocycles. The number of methoxy groups -OCH3 is 1. The van der Waals surface area contributed by atoms with Crippen LogP contribution in [0.3, 0.4) is 0 Å². The van der Waals surface area contributed by atoms with Gasteiger partial charge in [-0.1, -0.05) is 36.8 Å². The Morgan fingerprint density at radius 1 is 0.967 bits per heavy atom. The predicted octanol–water partition coefficient (Wildman–Crippen LogP) is 3.43. The zero-order chi connectivity index (χ0) is 22.1. The van der Waals surface area contributed by atoms with Gasteiger partial charge >= 0.3 is 11.9 Å². The first kappa shape index (κ1) is 23.4. The van der Waals surface area contributed by atoms with Crippen molar-refractivity contribution in [3.8, 4) is 5.75 Å². The fourth-order valence-electron chi connectivity index (χ4n) is 3.40. The number of ether oxygens (including phenoxy) is 1. The highest BCUT2D eigenvalue weighted by molar-refractivity contribution is 7.92. The third kappa shape index (κ3) is 6.32.